The Bertz CT molecular complexity index is 233. The van der Waals surface area contributed by atoms with Gasteiger partial charge in [-0.25, -0.2) is 4.79 Å². The van der Waals surface area contributed by atoms with Crippen molar-refractivity contribution in [3.63, 3.8) is 0 Å². The fourth-order valence-corrected chi connectivity index (χ4v) is 0.420. The van der Waals surface area contributed by atoms with Crippen molar-refractivity contribution < 1.29 is 41.1 Å². The predicted molar refractivity (Wildman–Crippen MR) is 59.4 cm³/mol. The van der Waals surface area contributed by atoms with E-state index in [0.29, 0.717) is 6.61 Å². The molecule has 5 N–H and O–H groups in total. The number of ether oxygens (including phenoxy) is 1. The molecular formula is C6H18ClN2O5PS. The van der Waals surface area contributed by atoms with Gasteiger partial charge in [-0.2, -0.15) is 0 Å². The zero-order chi connectivity index (χ0) is 12.7. The third-order valence-electron chi connectivity index (χ3n) is 1.01. The van der Waals surface area contributed by atoms with Crippen molar-refractivity contribution in [1.29, 1.82) is 0 Å². The van der Waals surface area contributed by atoms with Gasteiger partial charge in [-0.3, -0.25) is 0 Å². The molecule has 0 spiro atoms. The Balaban J connectivity index is -0.000000242. The van der Waals surface area contributed by atoms with Gasteiger partial charge in [0.25, 0.3) is 0 Å². The zero-order valence-electron chi connectivity index (χ0n) is 9.33. The molecule has 0 aliphatic carbocycles. The van der Waals surface area contributed by atoms with Crippen molar-refractivity contribution in [3.8, 4) is 0 Å². The predicted octanol–water partition coefficient (Wildman–Crippen LogP) is -4.02. The van der Waals surface area contributed by atoms with E-state index in [-0.39, 0.29) is 12.4 Å². The van der Waals surface area contributed by atoms with Crippen LogP contribution in [0.25, 0.3) is 0 Å². The molecule has 0 aromatic rings. The van der Waals surface area contributed by atoms with Gasteiger partial charge in [0.2, 0.25) is 0 Å². The molecule has 0 aliphatic heterocycles. The van der Waals surface area contributed by atoms with E-state index in [1.807, 2.05) is 21.1 Å². The Morgan fingerprint density at radius 1 is 1.38 bits per heavy atom. The monoisotopic (exact) mass is 296 g/mol. The maximum absolute atomic E-state index is 10.1. The summed E-state index contributed by atoms with van der Waals surface area (Å²) in [6.45, 7) is -2.64. The van der Waals surface area contributed by atoms with Crippen LogP contribution >= 0.6 is 6.72 Å². The number of halogens is 1. The Morgan fingerprint density at radius 2 is 1.69 bits per heavy atom. The van der Waals surface area contributed by atoms with Crippen LogP contribution in [-0.4, -0.2) is 59.6 Å². The number of hydrogen-bond donors (Lipinski definition) is 4. The van der Waals surface area contributed by atoms with Crippen molar-refractivity contribution >= 4 is 24.6 Å². The lowest BCUT2D eigenvalue weighted by atomic mass is 10.5. The van der Waals surface area contributed by atoms with Crippen LogP contribution in [0, 0.1) is 0 Å². The summed E-state index contributed by atoms with van der Waals surface area (Å²) >= 11 is 3.60. The second-order valence-electron chi connectivity index (χ2n) is 3.69. The van der Waals surface area contributed by atoms with Gasteiger partial charge in [0.1, 0.15) is 13.2 Å². The first-order chi connectivity index (χ1) is 6.42. The van der Waals surface area contributed by atoms with E-state index in [2.05, 4.69) is 16.5 Å². The summed E-state index contributed by atoms with van der Waals surface area (Å²) < 4.78 is 5.31. The summed E-state index contributed by atoms with van der Waals surface area (Å²) in [6, 6.07) is 0. The fraction of sp³-hybridized carbons (Fsp3) is 0.833. The van der Waals surface area contributed by atoms with Gasteiger partial charge in [0, 0.05) is 0 Å². The lowest BCUT2D eigenvalue weighted by molar-refractivity contribution is -0.870. The molecule has 1 amide bonds. The molecule has 10 heteroatoms. The molecule has 0 saturated carbocycles. The standard InChI is InChI=1S/C6H14N2O2.ClH.H3O3PS/c1-8(2,3)4-5-10-6(7)9;;1-4(2,3)5/h4-5H2,1-3H3,(H-,7,9);1H;(H3,1,2,3,5). The molecule has 0 heterocycles. The second-order valence-corrected chi connectivity index (χ2v) is 6.19. The highest BCUT2D eigenvalue weighted by atomic mass is 35.5. The summed E-state index contributed by atoms with van der Waals surface area (Å²) in [5.74, 6) is 0. The Morgan fingerprint density at radius 3 is 1.88 bits per heavy atom. The number of carbonyl (C=O) groups is 1. The zero-order valence-corrected chi connectivity index (χ0v) is 11.8. The smallest absolute Gasteiger partial charge is 0.404 e. The average Bonchev–Trinajstić information content (AvgIpc) is 1.77. The van der Waals surface area contributed by atoms with Gasteiger partial charge in [-0.15, -0.1) is 0 Å². The first-order valence-electron chi connectivity index (χ1n) is 3.93. The Hall–Kier alpha value is 0.0500. The molecule has 16 heavy (non-hydrogen) atoms. The van der Waals surface area contributed by atoms with Crippen molar-refractivity contribution in [2.75, 3.05) is 34.3 Å². The van der Waals surface area contributed by atoms with Crippen LogP contribution in [0.3, 0.4) is 0 Å². The van der Waals surface area contributed by atoms with Crippen molar-refractivity contribution in [3.05, 3.63) is 0 Å². The van der Waals surface area contributed by atoms with Crippen molar-refractivity contribution in [2.45, 2.75) is 0 Å². The van der Waals surface area contributed by atoms with Crippen molar-refractivity contribution in [2.24, 2.45) is 5.73 Å². The summed E-state index contributed by atoms with van der Waals surface area (Å²) in [5.41, 5.74) is 4.75. The van der Waals surface area contributed by atoms with Gasteiger partial charge in [0.05, 0.1) is 21.1 Å². The number of quaternary nitrogens is 1. The largest absolute Gasteiger partial charge is 1.00 e. The molecule has 0 bridgehead atoms. The topological polar surface area (TPSA) is 113 Å². The minimum atomic E-state index is -3.81. The number of rotatable bonds is 3. The number of primary amides is 1. The summed E-state index contributed by atoms with van der Waals surface area (Å²) in [5, 5.41) is 0. The molecule has 0 radical (unpaired) electrons. The van der Waals surface area contributed by atoms with Crippen LogP contribution in [-0.2, 0) is 16.5 Å². The molecule has 0 fully saturated rings. The van der Waals surface area contributed by atoms with Gasteiger partial charge in [-0.05, 0) is 11.8 Å². The molecule has 100 valence electrons. The lowest BCUT2D eigenvalue weighted by Crippen LogP contribution is -3.00. The van der Waals surface area contributed by atoms with E-state index in [0.717, 1.165) is 11.0 Å². The normalized spacial score (nSPS) is 10.6. The number of hydrogen-bond acceptors (Lipinski definition) is 3. The molecule has 0 saturated heterocycles. The molecular weight excluding hydrogens is 279 g/mol. The van der Waals surface area contributed by atoms with Gasteiger partial charge < -0.3 is 42.0 Å². The average molecular weight is 297 g/mol. The first-order valence-corrected chi connectivity index (χ1v) is 6.59. The van der Waals surface area contributed by atoms with Crippen LogP contribution in [0.2, 0.25) is 0 Å². The second kappa shape index (κ2) is 9.12. The number of amides is 1. The first kappa shape index (κ1) is 21.3. The van der Waals surface area contributed by atoms with Gasteiger partial charge >= 0.3 is 12.8 Å². The quantitative estimate of drug-likeness (QED) is 0.312. The van der Waals surface area contributed by atoms with E-state index < -0.39 is 12.8 Å². The minimum Gasteiger partial charge on any atom is -1.00 e. The third kappa shape index (κ3) is 48.1. The number of nitrogens with two attached hydrogens (primary N) is 1. The third-order valence-corrected chi connectivity index (χ3v) is 1.01. The molecule has 0 unspecified atom stereocenters. The Kier molecular flexibility index (Phi) is 12.2. The highest BCUT2D eigenvalue weighted by molar-refractivity contribution is 8.06. The molecule has 0 rings (SSSR count). The van der Waals surface area contributed by atoms with E-state index >= 15 is 0 Å². The molecule has 0 aliphatic rings. The number of carbonyl (C=O) groups excluding carboxylic acids is 1. The van der Waals surface area contributed by atoms with Crippen LogP contribution in [0.15, 0.2) is 0 Å². The minimum absolute atomic E-state index is 0. The van der Waals surface area contributed by atoms with Crippen LogP contribution < -0.4 is 18.1 Å². The molecule has 0 aromatic carbocycles. The number of nitrogens with zero attached hydrogens (tertiary/aromatic N) is 1. The van der Waals surface area contributed by atoms with E-state index in [1.54, 1.807) is 0 Å². The van der Waals surface area contributed by atoms with Crippen LogP contribution in [0.1, 0.15) is 0 Å². The maximum atomic E-state index is 10.1. The van der Waals surface area contributed by atoms with Crippen LogP contribution in [0.5, 0.6) is 0 Å². The SMILES string of the molecule is C[N+](C)(C)CCOC(N)=O.OP(O)(O)=S.[Cl-]. The summed E-state index contributed by atoms with van der Waals surface area (Å²) in [4.78, 5) is 32.8. The van der Waals surface area contributed by atoms with E-state index in [9.17, 15) is 4.79 Å². The molecule has 7 nitrogen and oxygen atoms in total. The fourth-order valence-electron chi connectivity index (χ4n) is 0.420. The lowest BCUT2D eigenvalue weighted by Gasteiger charge is -2.22. The highest BCUT2D eigenvalue weighted by Gasteiger charge is 2.06. The summed E-state index contributed by atoms with van der Waals surface area (Å²) in [6.07, 6.45) is -0.701. The van der Waals surface area contributed by atoms with Gasteiger partial charge in [-0.1, -0.05) is 0 Å². The van der Waals surface area contributed by atoms with E-state index in [4.69, 9.17) is 20.4 Å². The van der Waals surface area contributed by atoms with Crippen molar-refractivity contribution in [1.82, 2.24) is 0 Å². The van der Waals surface area contributed by atoms with Crippen LogP contribution in [0.4, 0.5) is 4.79 Å². The highest BCUT2D eigenvalue weighted by Crippen LogP contribution is 2.26. The van der Waals surface area contributed by atoms with Gasteiger partial charge in [0.15, 0.2) is 0 Å². The molecule has 0 atom stereocenters. The Labute approximate surface area is 106 Å². The summed E-state index contributed by atoms with van der Waals surface area (Å²) in [7, 11) is 6.05. The van der Waals surface area contributed by atoms with E-state index in [1.165, 1.54) is 0 Å². The number of likely N-dealkylation sites (N-methyl/N-ethyl adjacent to an activating group) is 1. The molecule has 0 aromatic heterocycles. The maximum Gasteiger partial charge on any atom is 0.404 e.